The highest BCUT2D eigenvalue weighted by atomic mass is 19.1. The van der Waals surface area contributed by atoms with Crippen LogP contribution in [0.4, 0.5) is 8.78 Å². The minimum atomic E-state index is -0.926. The van der Waals surface area contributed by atoms with Gasteiger partial charge in [-0.15, -0.1) is 0 Å². The fourth-order valence-corrected chi connectivity index (χ4v) is 1.20. The Hall–Kier alpha value is -1.00. The van der Waals surface area contributed by atoms with Gasteiger partial charge in [-0.1, -0.05) is 6.92 Å². The number of nitrogens with two attached hydrogens (primary N) is 1. The van der Waals surface area contributed by atoms with E-state index in [9.17, 15) is 13.9 Å². The normalized spacial score (nSPS) is 15.2. The Labute approximate surface area is 81.4 Å². The summed E-state index contributed by atoms with van der Waals surface area (Å²) in [6.45, 7) is 1.98. The molecule has 0 saturated carbocycles. The van der Waals surface area contributed by atoms with E-state index >= 15 is 0 Å². The predicted octanol–water partition coefficient (Wildman–Crippen LogP) is 1.59. The molecule has 14 heavy (non-hydrogen) atoms. The van der Waals surface area contributed by atoms with Crippen molar-refractivity contribution in [1.29, 1.82) is 0 Å². The first kappa shape index (κ1) is 11.1. The van der Waals surface area contributed by atoms with Gasteiger partial charge in [0.2, 0.25) is 0 Å². The van der Waals surface area contributed by atoms with Gasteiger partial charge in [0.15, 0.2) is 0 Å². The van der Waals surface area contributed by atoms with Crippen molar-refractivity contribution in [3.8, 4) is 0 Å². The lowest BCUT2D eigenvalue weighted by molar-refractivity contribution is 0.121. The number of aliphatic hydroxyl groups is 1. The summed E-state index contributed by atoms with van der Waals surface area (Å²) < 4.78 is 25.5. The van der Waals surface area contributed by atoms with Gasteiger partial charge in [-0.05, 0) is 30.2 Å². The summed E-state index contributed by atoms with van der Waals surface area (Å²) in [5.41, 5.74) is 5.56. The van der Waals surface area contributed by atoms with Gasteiger partial charge >= 0.3 is 0 Å². The van der Waals surface area contributed by atoms with Crippen LogP contribution in [0, 0.1) is 17.6 Å². The van der Waals surface area contributed by atoms with Crippen molar-refractivity contribution in [2.24, 2.45) is 11.7 Å². The Kier molecular flexibility index (Phi) is 3.55. The topological polar surface area (TPSA) is 46.2 Å². The van der Waals surface area contributed by atoms with E-state index < -0.39 is 17.7 Å². The molecule has 0 aliphatic rings. The van der Waals surface area contributed by atoms with Crippen LogP contribution in [0.3, 0.4) is 0 Å². The minimum Gasteiger partial charge on any atom is -0.388 e. The number of rotatable bonds is 3. The second-order valence-electron chi connectivity index (χ2n) is 3.36. The number of hydrogen-bond donors (Lipinski definition) is 2. The lowest BCUT2D eigenvalue weighted by Gasteiger charge is -2.17. The zero-order chi connectivity index (χ0) is 10.7. The fourth-order valence-electron chi connectivity index (χ4n) is 1.20. The highest BCUT2D eigenvalue weighted by Gasteiger charge is 2.16. The number of hydrogen-bond acceptors (Lipinski definition) is 2. The summed E-state index contributed by atoms with van der Waals surface area (Å²) in [7, 11) is 0. The molecule has 0 saturated heterocycles. The zero-order valence-corrected chi connectivity index (χ0v) is 7.87. The Morgan fingerprint density at radius 2 is 1.79 bits per heavy atom. The summed E-state index contributed by atoms with van der Waals surface area (Å²) in [5.74, 6) is -1.61. The second kappa shape index (κ2) is 4.48. The number of benzene rings is 1. The molecule has 3 N–H and O–H groups in total. The third-order valence-electron chi connectivity index (χ3n) is 2.14. The quantitative estimate of drug-likeness (QED) is 0.780. The molecule has 78 valence electrons. The van der Waals surface area contributed by atoms with Crippen LogP contribution in [0.2, 0.25) is 0 Å². The van der Waals surface area contributed by atoms with E-state index in [0.29, 0.717) is 0 Å². The van der Waals surface area contributed by atoms with Gasteiger partial charge < -0.3 is 10.8 Å². The monoisotopic (exact) mass is 201 g/mol. The highest BCUT2D eigenvalue weighted by molar-refractivity contribution is 5.20. The molecule has 0 amide bonds. The molecule has 0 fully saturated rings. The van der Waals surface area contributed by atoms with Crippen molar-refractivity contribution in [2.75, 3.05) is 6.54 Å². The molecule has 1 aromatic rings. The van der Waals surface area contributed by atoms with Gasteiger partial charge in [-0.25, -0.2) is 8.78 Å². The van der Waals surface area contributed by atoms with Crippen molar-refractivity contribution < 1.29 is 13.9 Å². The predicted molar refractivity (Wildman–Crippen MR) is 49.5 cm³/mol. The van der Waals surface area contributed by atoms with Gasteiger partial charge in [0.05, 0.1) is 6.10 Å². The van der Waals surface area contributed by atoms with Gasteiger partial charge in [0.1, 0.15) is 11.6 Å². The standard InChI is InChI=1S/C10H13F2NO/c1-6(5-13)10(14)7-2-8(11)4-9(12)3-7/h2-4,6,10,14H,5,13H2,1H3. The Bertz CT molecular complexity index is 297. The van der Waals surface area contributed by atoms with E-state index in [0.717, 1.165) is 18.2 Å². The van der Waals surface area contributed by atoms with Crippen molar-refractivity contribution in [3.63, 3.8) is 0 Å². The molecule has 2 unspecified atom stereocenters. The fraction of sp³-hybridized carbons (Fsp3) is 0.400. The van der Waals surface area contributed by atoms with Gasteiger partial charge in [-0.3, -0.25) is 0 Å². The molecular weight excluding hydrogens is 188 g/mol. The number of aliphatic hydroxyl groups excluding tert-OH is 1. The number of halogens is 2. The Morgan fingerprint density at radius 3 is 2.21 bits per heavy atom. The first-order valence-electron chi connectivity index (χ1n) is 4.38. The van der Waals surface area contributed by atoms with Gasteiger partial charge in [-0.2, -0.15) is 0 Å². The molecule has 1 rings (SSSR count). The second-order valence-corrected chi connectivity index (χ2v) is 3.36. The maximum atomic E-state index is 12.8. The molecule has 0 heterocycles. The van der Waals surface area contributed by atoms with Crippen LogP contribution in [0.5, 0.6) is 0 Å². The van der Waals surface area contributed by atoms with Gasteiger partial charge in [0, 0.05) is 6.07 Å². The van der Waals surface area contributed by atoms with Crippen molar-refractivity contribution in [1.82, 2.24) is 0 Å². The molecule has 0 bridgehead atoms. The SMILES string of the molecule is CC(CN)C(O)c1cc(F)cc(F)c1. The lowest BCUT2D eigenvalue weighted by Crippen LogP contribution is -2.19. The van der Waals surface area contributed by atoms with Crippen LogP contribution in [0.15, 0.2) is 18.2 Å². The smallest absolute Gasteiger partial charge is 0.126 e. The summed E-state index contributed by atoms with van der Waals surface area (Å²) >= 11 is 0. The third kappa shape index (κ3) is 2.49. The van der Waals surface area contributed by atoms with Crippen LogP contribution >= 0.6 is 0 Å². The first-order chi connectivity index (χ1) is 6.54. The summed E-state index contributed by atoms with van der Waals surface area (Å²) in [6.07, 6.45) is -0.926. The molecule has 0 aliphatic carbocycles. The summed E-state index contributed by atoms with van der Waals surface area (Å²) in [4.78, 5) is 0. The maximum absolute atomic E-state index is 12.8. The van der Waals surface area contributed by atoms with Crippen LogP contribution in [-0.2, 0) is 0 Å². The Morgan fingerprint density at radius 1 is 1.29 bits per heavy atom. The van der Waals surface area contributed by atoms with Gasteiger partial charge in [0.25, 0.3) is 0 Å². The van der Waals surface area contributed by atoms with Crippen molar-refractivity contribution >= 4 is 0 Å². The Balaban J connectivity index is 2.94. The van der Waals surface area contributed by atoms with Crippen molar-refractivity contribution in [2.45, 2.75) is 13.0 Å². The largest absolute Gasteiger partial charge is 0.388 e. The molecule has 2 nitrogen and oxygen atoms in total. The summed E-state index contributed by atoms with van der Waals surface area (Å²) in [6, 6.07) is 2.99. The van der Waals surface area contributed by atoms with E-state index in [1.165, 1.54) is 0 Å². The average molecular weight is 201 g/mol. The molecule has 0 aromatic heterocycles. The molecule has 0 spiro atoms. The molecule has 4 heteroatoms. The third-order valence-corrected chi connectivity index (χ3v) is 2.14. The average Bonchev–Trinajstić information content (AvgIpc) is 2.14. The van der Waals surface area contributed by atoms with Crippen molar-refractivity contribution in [3.05, 3.63) is 35.4 Å². The minimum absolute atomic E-state index is 0.223. The molecule has 1 aromatic carbocycles. The first-order valence-corrected chi connectivity index (χ1v) is 4.38. The molecule has 0 radical (unpaired) electrons. The van der Waals surface area contributed by atoms with Crippen LogP contribution in [-0.4, -0.2) is 11.7 Å². The molecular formula is C10H13F2NO. The van der Waals surface area contributed by atoms with E-state index in [2.05, 4.69) is 0 Å². The van der Waals surface area contributed by atoms with E-state index in [-0.39, 0.29) is 18.0 Å². The van der Waals surface area contributed by atoms with Crippen LogP contribution < -0.4 is 5.73 Å². The van der Waals surface area contributed by atoms with Crippen LogP contribution in [0.1, 0.15) is 18.6 Å². The molecule has 2 atom stereocenters. The lowest BCUT2D eigenvalue weighted by atomic mass is 9.97. The maximum Gasteiger partial charge on any atom is 0.126 e. The van der Waals surface area contributed by atoms with E-state index in [1.54, 1.807) is 6.92 Å². The van der Waals surface area contributed by atoms with Crippen LogP contribution in [0.25, 0.3) is 0 Å². The van der Waals surface area contributed by atoms with E-state index in [4.69, 9.17) is 5.73 Å². The molecule has 0 aliphatic heterocycles. The zero-order valence-electron chi connectivity index (χ0n) is 7.87. The highest BCUT2D eigenvalue weighted by Crippen LogP contribution is 2.22. The van der Waals surface area contributed by atoms with E-state index in [1.807, 2.05) is 0 Å². The summed E-state index contributed by atoms with van der Waals surface area (Å²) in [5, 5.41) is 9.62.